The molecule has 2 aromatic carbocycles. The quantitative estimate of drug-likeness (QED) is 0.785. The molecule has 23 heavy (non-hydrogen) atoms. The van der Waals surface area contributed by atoms with Crippen molar-refractivity contribution in [2.45, 2.75) is 11.8 Å². The summed E-state index contributed by atoms with van der Waals surface area (Å²) in [5.41, 5.74) is 1.41. The largest absolute Gasteiger partial charge is 0.546 e. The van der Waals surface area contributed by atoms with Crippen molar-refractivity contribution >= 4 is 21.7 Å². The van der Waals surface area contributed by atoms with Crippen molar-refractivity contribution in [1.29, 1.82) is 0 Å². The molecule has 0 aliphatic heterocycles. The molecule has 0 aliphatic carbocycles. The van der Waals surface area contributed by atoms with E-state index in [0.717, 1.165) is 9.87 Å². The van der Waals surface area contributed by atoms with Gasteiger partial charge < -0.3 is 14.6 Å². The third kappa shape index (κ3) is 4.01. The zero-order valence-electron chi connectivity index (χ0n) is 12.7. The molecule has 0 saturated heterocycles. The monoisotopic (exact) mass is 334 g/mol. The van der Waals surface area contributed by atoms with E-state index in [9.17, 15) is 18.3 Å². The number of ether oxygens (including phenoxy) is 1. The van der Waals surface area contributed by atoms with E-state index >= 15 is 0 Å². The molecular weight excluding hydrogens is 318 g/mol. The molecule has 0 amide bonds. The van der Waals surface area contributed by atoms with E-state index in [4.69, 9.17) is 4.74 Å². The summed E-state index contributed by atoms with van der Waals surface area (Å²) >= 11 is 0. The molecule has 0 aliphatic rings. The maximum Gasteiger partial charge on any atom is 0.264 e. The average molecular weight is 334 g/mol. The fourth-order valence-corrected chi connectivity index (χ4v) is 3.10. The first-order chi connectivity index (χ1) is 10.8. The van der Waals surface area contributed by atoms with E-state index in [1.807, 2.05) is 6.92 Å². The van der Waals surface area contributed by atoms with E-state index in [0.29, 0.717) is 11.4 Å². The Morgan fingerprint density at radius 1 is 1.09 bits per heavy atom. The number of sulfonamides is 1. The van der Waals surface area contributed by atoms with E-state index in [2.05, 4.69) is 0 Å². The van der Waals surface area contributed by atoms with Crippen LogP contribution in [0.15, 0.2) is 53.4 Å². The Morgan fingerprint density at radius 2 is 1.65 bits per heavy atom. The molecule has 2 aromatic rings. The van der Waals surface area contributed by atoms with Crippen molar-refractivity contribution in [3.05, 3.63) is 54.1 Å². The van der Waals surface area contributed by atoms with Gasteiger partial charge in [0.15, 0.2) is 0 Å². The summed E-state index contributed by atoms with van der Waals surface area (Å²) in [4.78, 5) is 10.5. The second-order valence-electron chi connectivity index (χ2n) is 4.94. The smallest absolute Gasteiger partial charge is 0.264 e. The minimum absolute atomic E-state index is 0.197. The molecule has 7 heteroatoms. The number of rotatable bonds is 6. The standard InChI is InChI=1S/C16H17NO5S/c1-12-3-9-15(10-4-12)23(20,21)17(2)13-5-7-14(8-6-13)22-11-16(18)19/h3-10H,11H2,1-2H3,(H,18,19)/p-1. The van der Waals surface area contributed by atoms with Crippen LogP contribution in [0.1, 0.15) is 5.56 Å². The molecule has 6 nitrogen and oxygen atoms in total. The molecule has 0 aromatic heterocycles. The predicted molar refractivity (Wildman–Crippen MR) is 83.7 cm³/mol. The van der Waals surface area contributed by atoms with Crippen molar-refractivity contribution in [2.24, 2.45) is 0 Å². The Kier molecular flexibility index (Phi) is 4.90. The maximum atomic E-state index is 12.6. The number of carbonyl (C=O) groups is 1. The SMILES string of the molecule is Cc1ccc(S(=O)(=O)N(C)c2ccc(OCC(=O)[O-])cc2)cc1. The molecule has 0 radical (unpaired) electrons. The van der Waals surface area contributed by atoms with Gasteiger partial charge in [0.05, 0.1) is 16.6 Å². The highest BCUT2D eigenvalue weighted by Crippen LogP contribution is 2.24. The van der Waals surface area contributed by atoms with E-state index in [-0.39, 0.29) is 4.90 Å². The van der Waals surface area contributed by atoms with Crippen LogP contribution in [0.2, 0.25) is 0 Å². The van der Waals surface area contributed by atoms with Gasteiger partial charge in [-0.1, -0.05) is 17.7 Å². The Morgan fingerprint density at radius 3 is 2.17 bits per heavy atom. The number of aryl methyl sites for hydroxylation is 1. The van der Waals surface area contributed by atoms with Crippen LogP contribution >= 0.6 is 0 Å². The summed E-state index contributed by atoms with van der Waals surface area (Å²) in [5, 5.41) is 10.3. The topological polar surface area (TPSA) is 86.7 Å². The summed E-state index contributed by atoms with van der Waals surface area (Å²) in [5.74, 6) is -1.01. The van der Waals surface area contributed by atoms with E-state index < -0.39 is 22.6 Å². The van der Waals surface area contributed by atoms with Crippen molar-refractivity contribution in [2.75, 3.05) is 18.0 Å². The van der Waals surface area contributed by atoms with E-state index in [1.165, 1.54) is 31.3 Å². The van der Waals surface area contributed by atoms with Gasteiger partial charge in [0.25, 0.3) is 10.0 Å². The first-order valence-corrected chi connectivity index (χ1v) is 8.23. The summed E-state index contributed by atoms with van der Waals surface area (Å²) in [6, 6.07) is 12.7. The van der Waals surface area contributed by atoms with Crippen molar-refractivity contribution in [3.63, 3.8) is 0 Å². The van der Waals surface area contributed by atoms with Gasteiger partial charge in [0.2, 0.25) is 0 Å². The number of aliphatic carboxylic acids is 1. The molecule has 0 saturated carbocycles. The number of hydrogen-bond acceptors (Lipinski definition) is 5. The van der Waals surface area contributed by atoms with Crippen LogP contribution in [0.3, 0.4) is 0 Å². The fourth-order valence-electron chi connectivity index (χ4n) is 1.90. The minimum atomic E-state index is -3.66. The Hall–Kier alpha value is -2.54. The second-order valence-corrected chi connectivity index (χ2v) is 6.91. The first kappa shape index (κ1) is 16.8. The van der Waals surface area contributed by atoms with Gasteiger partial charge in [-0.05, 0) is 43.3 Å². The highest BCUT2D eigenvalue weighted by molar-refractivity contribution is 7.92. The number of benzene rings is 2. The van der Waals surface area contributed by atoms with Crippen LogP contribution in [0.5, 0.6) is 5.75 Å². The van der Waals surface area contributed by atoms with Crippen LogP contribution in [0, 0.1) is 6.92 Å². The number of carbonyl (C=O) groups excluding carboxylic acids is 1. The number of hydrogen-bond donors (Lipinski definition) is 0. The number of anilines is 1. The van der Waals surface area contributed by atoms with Crippen LogP contribution < -0.4 is 14.1 Å². The van der Waals surface area contributed by atoms with Crippen molar-refractivity contribution in [3.8, 4) is 5.75 Å². The third-order valence-corrected chi connectivity index (χ3v) is 5.04. The molecule has 0 fully saturated rings. The van der Waals surface area contributed by atoms with Gasteiger partial charge in [-0.15, -0.1) is 0 Å². The zero-order valence-corrected chi connectivity index (χ0v) is 13.5. The van der Waals surface area contributed by atoms with Crippen molar-refractivity contribution in [1.82, 2.24) is 0 Å². The van der Waals surface area contributed by atoms with Crippen LogP contribution in [0.4, 0.5) is 5.69 Å². The van der Waals surface area contributed by atoms with Crippen LogP contribution in [-0.4, -0.2) is 28.0 Å². The van der Waals surface area contributed by atoms with Gasteiger partial charge in [0.1, 0.15) is 12.4 Å². The maximum absolute atomic E-state index is 12.6. The summed E-state index contributed by atoms with van der Waals surface area (Å²) in [7, 11) is -2.21. The Balaban J connectivity index is 2.20. The fraction of sp³-hybridized carbons (Fsp3) is 0.188. The summed E-state index contributed by atoms with van der Waals surface area (Å²) in [6.07, 6.45) is 0. The lowest BCUT2D eigenvalue weighted by molar-refractivity contribution is -0.307. The first-order valence-electron chi connectivity index (χ1n) is 6.79. The zero-order chi connectivity index (χ0) is 17.0. The Bertz CT molecular complexity index is 782. The van der Waals surface area contributed by atoms with Gasteiger partial charge in [-0.25, -0.2) is 8.42 Å². The number of carboxylic acids is 1. The van der Waals surface area contributed by atoms with Gasteiger partial charge in [0, 0.05) is 7.05 Å². The summed E-state index contributed by atoms with van der Waals surface area (Å²) < 4.78 is 31.2. The number of nitrogens with zero attached hydrogens (tertiary/aromatic N) is 1. The third-order valence-electron chi connectivity index (χ3n) is 3.24. The molecule has 0 heterocycles. The molecule has 0 N–H and O–H groups in total. The van der Waals surface area contributed by atoms with Gasteiger partial charge >= 0.3 is 0 Å². The molecule has 0 atom stereocenters. The molecule has 122 valence electrons. The minimum Gasteiger partial charge on any atom is -0.546 e. The summed E-state index contributed by atoms with van der Waals surface area (Å²) in [6.45, 7) is 1.32. The van der Waals surface area contributed by atoms with Crippen LogP contribution in [0.25, 0.3) is 0 Å². The lowest BCUT2D eigenvalue weighted by Crippen LogP contribution is -2.29. The van der Waals surface area contributed by atoms with Crippen LogP contribution in [-0.2, 0) is 14.8 Å². The van der Waals surface area contributed by atoms with E-state index in [1.54, 1.807) is 24.3 Å². The Labute approximate surface area is 135 Å². The average Bonchev–Trinajstić information content (AvgIpc) is 2.53. The lowest BCUT2D eigenvalue weighted by Gasteiger charge is -2.20. The lowest BCUT2D eigenvalue weighted by atomic mass is 10.2. The molecule has 0 unspecified atom stereocenters. The molecule has 0 spiro atoms. The highest BCUT2D eigenvalue weighted by Gasteiger charge is 2.20. The molecular formula is C16H16NO5S-. The van der Waals surface area contributed by atoms with Gasteiger partial charge in [-0.3, -0.25) is 4.31 Å². The molecule has 2 rings (SSSR count). The normalized spacial score (nSPS) is 11.0. The predicted octanol–water partition coefficient (Wildman–Crippen LogP) is 0.949. The molecule has 0 bridgehead atoms. The van der Waals surface area contributed by atoms with Crippen molar-refractivity contribution < 1.29 is 23.1 Å². The number of carboxylic acid groups (broad SMARTS) is 1. The second kappa shape index (κ2) is 6.70. The van der Waals surface area contributed by atoms with Gasteiger partial charge in [-0.2, -0.15) is 0 Å². The highest BCUT2D eigenvalue weighted by atomic mass is 32.2.